The zero-order valence-electron chi connectivity index (χ0n) is 15.0. The molecule has 1 aromatic carbocycles. The molecule has 3 heteroatoms. The summed E-state index contributed by atoms with van der Waals surface area (Å²) >= 11 is 0. The Balaban J connectivity index is 2.60. The van der Waals surface area contributed by atoms with Gasteiger partial charge in [0, 0.05) is 5.56 Å². The summed E-state index contributed by atoms with van der Waals surface area (Å²) in [5, 5.41) is 9.77. The van der Waals surface area contributed by atoms with Crippen LogP contribution < -0.4 is 9.47 Å². The van der Waals surface area contributed by atoms with Crippen LogP contribution in [0.2, 0.25) is 0 Å². The average Bonchev–Trinajstić information content (AvgIpc) is 2.43. The Bertz CT molecular complexity index is 435. The van der Waals surface area contributed by atoms with Crippen LogP contribution in [-0.2, 0) is 6.42 Å². The molecule has 0 bridgehead atoms. The van der Waals surface area contributed by atoms with Gasteiger partial charge in [-0.2, -0.15) is 0 Å². The predicted molar refractivity (Wildman–Crippen MR) is 91.9 cm³/mol. The van der Waals surface area contributed by atoms with Gasteiger partial charge in [0.05, 0.1) is 19.8 Å². The van der Waals surface area contributed by atoms with Gasteiger partial charge in [0.1, 0.15) is 11.5 Å². The van der Waals surface area contributed by atoms with Crippen molar-refractivity contribution in [3.63, 3.8) is 0 Å². The summed E-state index contributed by atoms with van der Waals surface area (Å²) < 4.78 is 11.0. The van der Waals surface area contributed by atoms with Crippen LogP contribution in [0.1, 0.15) is 57.6 Å². The molecular weight excluding hydrogens is 276 g/mol. The van der Waals surface area contributed by atoms with Crippen molar-refractivity contribution in [2.75, 3.05) is 14.2 Å². The Labute approximate surface area is 135 Å². The molecular formula is C19H32O3. The lowest BCUT2D eigenvalue weighted by atomic mass is 9.92. The Kier molecular flexibility index (Phi) is 7.21. The van der Waals surface area contributed by atoms with Crippen molar-refractivity contribution in [2.24, 2.45) is 5.92 Å². The lowest BCUT2D eigenvalue weighted by Crippen LogP contribution is -2.18. The van der Waals surface area contributed by atoms with Gasteiger partial charge in [0.15, 0.2) is 0 Å². The minimum Gasteiger partial charge on any atom is -0.496 e. The molecule has 0 amide bonds. The molecule has 1 atom stereocenters. The quantitative estimate of drug-likeness (QED) is 0.729. The van der Waals surface area contributed by atoms with Gasteiger partial charge < -0.3 is 14.6 Å². The van der Waals surface area contributed by atoms with Crippen molar-refractivity contribution in [2.45, 2.75) is 65.4 Å². The lowest BCUT2D eigenvalue weighted by Gasteiger charge is -2.19. The standard InChI is InChI=1S/C19H32O3/c1-14(8-7-11-19(3,4)20)9-10-16-17(21-5)12-15(2)13-18(16)22-6/h12-14,20H,7-11H2,1-6H3. The van der Waals surface area contributed by atoms with E-state index in [0.29, 0.717) is 5.92 Å². The minimum absolute atomic E-state index is 0.552. The third kappa shape index (κ3) is 6.27. The number of benzene rings is 1. The summed E-state index contributed by atoms with van der Waals surface area (Å²) in [5.74, 6) is 2.46. The smallest absolute Gasteiger partial charge is 0.126 e. The molecule has 1 aromatic rings. The maximum atomic E-state index is 9.77. The van der Waals surface area contributed by atoms with E-state index in [1.54, 1.807) is 14.2 Å². The first-order valence-electron chi connectivity index (χ1n) is 8.20. The van der Waals surface area contributed by atoms with E-state index in [1.807, 2.05) is 20.8 Å². The molecule has 0 spiro atoms. The monoisotopic (exact) mass is 308 g/mol. The molecule has 0 radical (unpaired) electrons. The molecule has 0 aliphatic carbocycles. The molecule has 0 saturated heterocycles. The molecule has 0 fully saturated rings. The van der Waals surface area contributed by atoms with Crippen LogP contribution in [0, 0.1) is 12.8 Å². The first kappa shape index (κ1) is 18.8. The molecule has 0 saturated carbocycles. The van der Waals surface area contributed by atoms with Crippen molar-refractivity contribution < 1.29 is 14.6 Å². The number of hydrogen-bond acceptors (Lipinski definition) is 3. The number of hydrogen-bond donors (Lipinski definition) is 1. The van der Waals surface area contributed by atoms with Gasteiger partial charge in [-0.05, 0) is 63.6 Å². The third-order valence-corrected chi connectivity index (χ3v) is 4.12. The van der Waals surface area contributed by atoms with E-state index in [-0.39, 0.29) is 0 Å². The highest BCUT2D eigenvalue weighted by Crippen LogP contribution is 2.32. The largest absolute Gasteiger partial charge is 0.496 e. The van der Waals surface area contributed by atoms with Gasteiger partial charge in [0.25, 0.3) is 0 Å². The first-order chi connectivity index (χ1) is 10.3. The molecule has 0 heterocycles. The van der Waals surface area contributed by atoms with Crippen LogP contribution in [0.15, 0.2) is 12.1 Å². The first-order valence-corrected chi connectivity index (χ1v) is 8.20. The fourth-order valence-electron chi connectivity index (χ4n) is 2.78. The van der Waals surface area contributed by atoms with Crippen LogP contribution in [0.25, 0.3) is 0 Å². The summed E-state index contributed by atoms with van der Waals surface area (Å²) in [4.78, 5) is 0. The van der Waals surface area contributed by atoms with Crippen molar-refractivity contribution in [1.82, 2.24) is 0 Å². The van der Waals surface area contributed by atoms with E-state index < -0.39 is 5.60 Å². The summed E-state index contributed by atoms with van der Waals surface area (Å²) in [6.07, 6.45) is 5.11. The maximum Gasteiger partial charge on any atom is 0.126 e. The van der Waals surface area contributed by atoms with Crippen molar-refractivity contribution in [3.05, 3.63) is 23.3 Å². The second-order valence-electron chi connectivity index (χ2n) is 7.00. The summed E-state index contributed by atoms with van der Waals surface area (Å²) in [6.45, 7) is 8.07. The summed E-state index contributed by atoms with van der Waals surface area (Å²) in [5.41, 5.74) is 1.75. The Morgan fingerprint density at radius 2 is 1.64 bits per heavy atom. The van der Waals surface area contributed by atoms with Gasteiger partial charge in [-0.1, -0.05) is 19.8 Å². The van der Waals surface area contributed by atoms with Gasteiger partial charge in [0.2, 0.25) is 0 Å². The van der Waals surface area contributed by atoms with Crippen LogP contribution in [0.3, 0.4) is 0 Å². The zero-order chi connectivity index (χ0) is 16.8. The Morgan fingerprint density at radius 3 is 2.09 bits per heavy atom. The van der Waals surface area contributed by atoms with Crippen LogP contribution in [0.4, 0.5) is 0 Å². The average molecular weight is 308 g/mol. The van der Waals surface area contributed by atoms with Crippen molar-refractivity contribution in [3.8, 4) is 11.5 Å². The second-order valence-corrected chi connectivity index (χ2v) is 7.00. The molecule has 0 aliphatic heterocycles. The SMILES string of the molecule is COc1cc(C)cc(OC)c1CCC(C)CCCC(C)(C)O. The third-order valence-electron chi connectivity index (χ3n) is 4.12. The highest BCUT2D eigenvalue weighted by atomic mass is 16.5. The van der Waals surface area contributed by atoms with E-state index >= 15 is 0 Å². The normalized spacial score (nSPS) is 13.0. The fraction of sp³-hybridized carbons (Fsp3) is 0.684. The molecule has 126 valence electrons. The van der Waals surface area contributed by atoms with Gasteiger partial charge in [-0.25, -0.2) is 0 Å². The summed E-state index contributed by atoms with van der Waals surface area (Å²) in [7, 11) is 3.43. The number of aryl methyl sites for hydroxylation is 1. The van der Waals surface area contributed by atoms with E-state index in [0.717, 1.165) is 54.7 Å². The minimum atomic E-state index is -0.552. The van der Waals surface area contributed by atoms with E-state index in [2.05, 4.69) is 19.1 Å². The zero-order valence-corrected chi connectivity index (χ0v) is 15.0. The van der Waals surface area contributed by atoms with E-state index in [1.165, 1.54) is 0 Å². The lowest BCUT2D eigenvalue weighted by molar-refractivity contribution is 0.0669. The molecule has 1 rings (SSSR count). The van der Waals surface area contributed by atoms with Crippen molar-refractivity contribution >= 4 is 0 Å². The van der Waals surface area contributed by atoms with Gasteiger partial charge in [-0.15, -0.1) is 0 Å². The molecule has 1 unspecified atom stereocenters. The Hall–Kier alpha value is -1.22. The van der Waals surface area contributed by atoms with Gasteiger partial charge >= 0.3 is 0 Å². The fourth-order valence-corrected chi connectivity index (χ4v) is 2.78. The number of rotatable bonds is 9. The van der Waals surface area contributed by atoms with Crippen LogP contribution in [0.5, 0.6) is 11.5 Å². The predicted octanol–water partition coefficient (Wildman–Crippen LogP) is 4.52. The summed E-state index contributed by atoms with van der Waals surface area (Å²) in [6, 6.07) is 4.13. The second kappa shape index (κ2) is 8.42. The van der Waals surface area contributed by atoms with E-state index in [9.17, 15) is 5.11 Å². The molecule has 0 aliphatic rings. The highest BCUT2D eigenvalue weighted by Gasteiger charge is 2.15. The molecule has 22 heavy (non-hydrogen) atoms. The maximum absolute atomic E-state index is 9.77. The number of ether oxygens (including phenoxy) is 2. The Morgan fingerprint density at radius 1 is 1.09 bits per heavy atom. The van der Waals surface area contributed by atoms with Crippen LogP contribution >= 0.6 is 0 Å². The number of aliphatic hydroxyl groups is 1. The van der Waals surface area contributed by atoms with Crippen molar-refractivity contribution in [1.29, 1.82) is 0 Å². The molecule has 0 aromatic heterocycles. The topological polar surface area (TPSA) is 38.7 Å². The highest BCUT2D eigenvalue weighted by molar-refractivity contribution is 5.47. The molecule has 3 nitrogen and oxygen atoms in total. The van der Waals surface area contributed by atoms with E-state index in [4.69, 9.17) is 9.47 Å². The van der Waals surface area contributed by atoms with Gasteiger partial charge in [-0.3, -0.25) is 0 Å². The molecule has 1 N–H and O–H groups in total. The number of methoxy groups -OCH3 is 2. The van der Waals surface area contributed by atoms with Crippen LogP contribution in [-0.4, -0.2) is 24.9 Å².